The second-order valence-corrected chi connectivity index (χ2v) is 8.63. The molecule has 4 rings (SSSR count). The molecule has 31 heavy (non-hydrogen) atoms. The Morgan fingerprint density at radius 3 is 2.68 bits per heavy atom. The number of benzene rings is 1. The molecule has 3 N–H and O–H groups in total. The number of hydrogen-bond donors (Lipinski definition) is 3. The zero-order chi connectivity index (χ0) is 22.0. The molecule has 0 spiro atoms. The molecule has 3 fully saturated rings. The van der Waals surface area contributed by atoms with Gasteiger partial charge in [-0.1, -0.05) is 12.1 Å². The number of aliphatic hydroxyl groups is 3. The Morgan fingerprint density at radius 2 is 1.90 bits per heavy atom. The van der Waals surface area contributed by atoms with Crippen molar-refractivity contribution < 1.29 is 34.3 Å². The number of hydrogen-bond acceptors (Lipinski definition) is 8. The summed E-state index contributed by atoms with van der Waals surface area (Å²) in [7, 11) is 0. The molecule has 3 aliphatic heterocycles. The van der Waals surface area contributed by atoms with Gasteiger partial charge in [0.2, 0.25) is 6.29 Å². The summed E-state index contributed by atoms with van der Waals surface area (Å²) in [5.41, 5.74) is 0.793. The SMILES string of the molecule is C[C@H]1O[C@@H](Oc2ccc(/C=C\C(=O)OC[C@@H]3CCN4CCC[C@H]34)cc2)[C@@H](O)[C@@H](O)[C@@H]1O. The van der Waals surface area contributed by atoms with Crippen molar-refractivity contribution in [2.24, 2.45) is 5.92 Å². The summed E-state index contributed by atoms with van der Waals surface area (Å²) in [5.74, 6) is 0.523. The van der Waals surface area contributed by atoms with Crippen molar-refractivity contribution in [3.8, 4) is 5.75 Å². The summed E-state index contributed by atoms with van der Waals surface area (Å²) in [6, 6.07) is 7.45. The molecule has 170 valence electrons. The van der Waals surface area contributed by atoms with Crippen molar-refractivity contribution in [1.82, 2.24) is 4.90 Å². The highest BCUT2D eigenvalue weighted by Gasteiger charge is 2.43. The molecule has 8 nitrogen and oxygen atoms in total. The van der Waals surface area contributed by atoms with Gasteiger partial charge in [0.05, 0.1) is 12.7 Å². The maximum Gasteiger partial charge on any atom is 0.330 e. The maximum absolute atomic E-state index is 12.1. The first-order valence-electron chi connectivity index (χ1n) is 11.0. The van der Waals surface area contributed by atoms with Gasteiger partial charge < -0.3 is 29.5 Å². The van der Waals surface area contributed by atoms with Crippen molar-refractivity contribution in [2.75, 3.05) is 19.7 Å². The van der Waals surface area contributed by atoms with E-state index < -0.39 is 30.7 Å². The largest absolute Gasteiger partial charge is 0.462 e. The maximum atomic E-state index is 12.1. The number of rotatable bonds is 6. The molecule has 3 saturated heterocycles. The minimum absolute atomic E-state index is 0.350. The zero-order valence-electron chi connectivity index (χ0n) is 17.7. The fraction of sp³-hybridized carbons (Fsp3) is 0.609. The fourth-order valence-electron chi connectivity index (χ4n) is 4.69. The summed E-state index contributed by atoms with van der Waals surface area (Å²) in [4.78, 5) is 14.6. The number of nitrogens with zero attached hydrogens (tertiary/aromatic N) is 1. The van der Waals surface area contributed by atoms with Gasteiger partial charge in [-0.05, 0) is 63.0 Å². The second-order valence-electron chi connectivity index (χ2n) is 8.63. The van der Waals surface area contributed by atoms with E-state index in [-0.39, 0.29) is 5.97 Å². The Hall–Kier alpha value is -1.97. The summed E-state index contributed by atoms with van der Waals surface area (Å²) >= 11 is 0. The molecule has 8 heteroatoms. The molecule has 0 saturated carbocycles. The van der Waals surface area contributed by atoms with E-state index in [9.17, 15) is 20.1 Å². The van der Waals surface area contributed by atoms with Crippen molar-refractivity contribution >= 4 is 12.0 Å². The molecule has 1 aromatic carbocycles. The molecule has 0 bridgehead atoms. The molecule has 0 unspecified atom stereocenters. The van der Waals surface area contributed by atoms with Crippen molar-refractivity contribution in [3.63, 3.8) is 0 Å². The average Bonchev–Trinajstić information content (AvgIpc) is 3.38. The van der Waals surface area contributed by atoms with E-state index in [2.05, 4.69) is 4.90 Å². The molecule has 0 aliphatic carbocycles. The van der Waals surface area contributed by atoms with Crippen LogP contribution in [-0.2, 0) is 14.3 Å². The smallest absolute Gasteiger partial charge is 0.330 e. The van der Waals surface area contributed by atoms with Crippen LogP contribution in [0, 0.1) is 5.92 Å². The Morgan fingerprint density at radius 1 is 1.13 bits per heavy atom. The van der Waals surface area contributed by atoms with Crippen molar-refractivity contribution in [2.45, 2.75) is 62.9 Å². The summed E-state index contributed by atoms with van der Waals surface area (Å²) in [5, 5.41) is 29.7. The fourth-order valence-corrected chi connectivity index (χ4v) is 4.69. The minimum atomic E-state index is -1.36. The molecule has 1 aromatic rings. The highest BCUT2D eigenvalue weighted by molar-refractivity contribution is 5.87. The van der Waals surface area contributed by atoms with Crippen LogP contribution < -0.4 is 4.74 Å². The molecular weight excluding hydrogens is 402 g/mol. The van der Waals surface area contributed by atoms with Gasteiger partial charge in [0.15, 0.2) is 0 Å². The first kappa shape index (κ1) is 22.2. The Kier molecular flexibility index (Phi) is 6.93. The van der Waals surface area contributed by atoms with Crippen LogP contribution in [0.3, 0.4) is 0 Å². The van der Waals surface area contributed by atoms with Gasteiger partial charge in [-0.15, -0.1) is 0 Å². The Bertz CT molecular complexity index is 783. The zero-order valence-corrected chi connectivity index (χ0v) is 17.7. The van der Waals surface area contributed by atoms with Crippen LogP contribution in [0.5, 0.6) is 5.75 Å². The lowest BCUT2D eigenvalue weighted by molar-refractivity contribution is -0.268. The van der Waals surface area contributed by atoms with Crippen LogP contribution in [0.15, 0.2) is 30.3 Å². The van der Waals surface area contributed by atoms with Crippen molar-refractivity contribution in [1.29, 1.82) is 0 Å². The third kappa shape index (κ3) is 5.10. The first-order valence-corrected chi connectivity index (χ1v) is 11.0. The third-order valence-corrected chi connectivity index (χ3v) is 6.54. The van der Waals surface area contributed by atoms with Crippen LogP contribution in [0.2, 0.25) is 0 Å². The van der Waals surface area contributed by atoms with Gasteiger partial charge in [-0.2, -0.15) is 0 Å². The number of carbonyl (C=O) groups is 1. The van der Waals surface area contributed by atoms with E-state index in [1.54, 1.807) is 37.3 Å². The number of aliphatic hydroxyl groups excluding tert-OH is 3. The van der Waals surface area contributed by atoms with Crippen LogP contribution >= 0.6 is 0 Å². The van der Waals surface area contributed by atoms with Crippen LogP contribution in [0.1, 0.15) is 31.7 Å². The normalized spacial score (nSPS) is 35.9. The summed E-state index contributed by atoms with van der Waals surface area (Å²) < 4.78 is 16.5. The monoisotopic (exact) mass is 433 g/mol. The van der Waals surface area contributed by atoms with Gasteiger partial charge in [0, 0.05) is 18.0 Å². The van der Waals surface area contributed by atoms with E-state index in [4.69, 9.17) is 14.2 Å². The van der Waals surface area contributed by atoms with Gasteiger partial charge >= 0.3 is 5.97 Å². The molecule has 0 radical (unpaired) electrons. The lowest BCUT2D eigenvalue weighted by atomic mass is 9.99. The predicted molar refractivity (Wildman–Crippen MR) is 112 cm³/mol. The third-order valence-electron chi connectivity index (χ3n) is 6.54. The minimum Gasteiger partial charge on any atom is -0.462 e. The van der Waals surface area contributed by atoms with Crippen LogP contribution in [0.25, 0.3) is 6.08 Å². The van der Waals surface area contributed by atoms with Gasteiger partial charge in [0.1, 0.15) is 24.1 Å². The molecule has 0 aromatic heterocycles. The summed E-state index contributed by atoms with van der Waals surface area (Å²) in [6.45, 7) is 4.35. The lowest BCUT2D eigenvalue weighted by Crippen LogP contribution is -2.58. The van der Waals surface area contributed by atoms with E-state index in [1.807, 2.05) is 0 Å². The molecular formula is C23H31NO7. The molecule has 7 atom stereocenters. The quantitative estimate of drug-likeness (QED) is 0.449. The topological polar surface area (TPSA) is 109 Å². The molecule has 3 aliphatic rings. The van der Waals surface area contributed by atoms with Crippen LogP contribution in [-0.4, -0.2) is 82.6 Å². The van der Waals surface area contributed by atoms with E-state index in [1.165, 1.54) is 25.5 Å². The van der Waals surface area contributed by atoms with E-state index in [0.29, 0.717) is 24.3 Å². The Balaban J connectivity index is 1.25. The number of fused-ring (bicyclic) bond motifs is 1. The average molecular weight is 434 g/mol. The summed E-state index contributed by atoms with van der Waals surface area (Å²) in [6.07, 6.45) is 0.996. The first-order chi connectivity index (χ1) is 14.9. The lowest BCUT2D eigenvalue weighted by Gasteiger charge is -2.38. The van der Waals surface area contributed by atoms with E-state index >= 15 is 0 Å². The van der Waals surface area contributed by atoms with Gasteiger partial charge in [-0.25, -0.2) is 4.79 Å². The number of carbonyl (C=O) groups excluding carboxylic acids is 1. The van der Waals surface area contributed by atoms with Crippen molar-refractivity contribution in [3.05, 3.63) is 35.9 Å². The predicted octanol–water partition coefficient (Wildman–Crippen LogP) is 0.934. The van der Waals surface area contributed by atoms with E-state index in [0.717, 1.165) is 18.5 Å². The highest BCUT2D eigenvalue weighted by Crippen LogP contribution is 2.32. The second kappa shape index (κ2) is 9.67. The highest BCUT2D eigenvalue weighted by atomic mass is 16.7. The molecule has 3 heterocycles. The standard InChI is InChI=1S/C23H31NO7/c1-14-20(26)21(27)22(28)23(30-14)31-17-7-4-15(5-8-17)6-9-19(25)29-13-16-10-12-24-11-2-3-18(16)24/h4-9,14,16,18,20-23,26-28H,2-3,10-13H2,1H3/b9-6-/t14-,16+,18-,20-,21+,22+,23+/m1/s1. The van der Waals surface area contributed by atoms with Gasteiger partial charge in [0.25, 0.3) is 0 Å². The molecule has 0 amide bonds. The van der Waals surface area contributed by atoms with Crippen LogP contribution in [0.4, 0.5) is 0 Å². The van der Waals surface area contributed by atoms with Gasteiger partial charge in [-0.3, -0.25) is 4.90 Å². The Labute approximate surface area is 182 Å². The number of esters is 1. The number of ether oxygens (including phenoxy) is 3.